The first-order valence-corrected chi connectivity index (χ1v) is 8.09. The monoisotopic (exact) mass is 323 g/mol. The summed E-state index contributed by atoms with van der Waals surface area (Å²) in [6.07, 6.45) is 6.59. The number of likely N-dealkylation sites (tertiary alicyclic amines) is 1. The Morgan fingerprint density at radius 3 is 2.74 bits per heavy atom. The van der Waals surface area contributed by atoms with Crippen molar-refractivity contribution < 1.29 is 19.1 Å². The van der Waals surface area contributed by atoms with E-state index in [-0.39, 0.29) is 25.1 Å². The van der Waals surface area contributed by atoms with Gasteiger partial charge in [-0.25, -0.2) is 4.79 Å². The van der Waals surface area contributed by atoms with E-state index in [9.17, 15) is 14.4 Å². The molecule has 0 radical (unpaired) electrons. The van der Waals surface area contributed by atoms with E-state index < -0.39 is 18.0 Å². The highest BCUT2D eigenvalue weighted by Crippen LogP contribution is 2.39. The van der Waals surface area contributed by atoms with Crippen LogP contribution in [0.1, 0.15) is 32.1 Å². The Hall–Kier alpha value is -1.89. The SMILES string of the molecule is C=CCNC(=O)NC(=O)CN1[C@H](C(=O)OC)C[C@@H]2CCCC[C@@H]21. The molecule has 0 spiro atoms. The largest absolute Gasteiger partial charge is 0.468 e. The van der Waals surface area contributed by atoms with Crippen LogP contribution in [0, 0.1) is 5.92 Å². The maximum atomic E-state index is 12.1. The molecule has 1 aliphatic heterocycles. The van der Waals surface area contributed by atoms with Crippen LogP contribution in [0.15, 0.2) is 12.7 Å². The Morgan fingerprint density at radius 2 is 2.04 bits per heavy atom. The van der Waals surface area contributed by atoms with Crippen molar-refractivity contribution in [1.29, 1.82) is 0 Å². The molecule has 3 atom stereocenters. The highest BCUT2D eigenvalue weighted by atomic mass is 16.5. The molecule has 0 aromatic heterocycles. The summed E-state index contributed by atoms with van der Waals surface area (Å²) in [5.74, 6) is -0.287. The number of fused-ring (bicyclic) bond motifs is 1. The van der Waals surface area contributed by atoms with Gasteiger partial charge >= 0.3 is 12.0 Å². The Morgan fingerprint density at radius 1 is 1.30 bits per heavy atom. The van der Waals surface area contributed by atoms with Crippen LogP contribution in [0.25, 0.3) is 0 Å². The van der Waals surface area contributed by atoms with E-state index in [1.165, 1.54) is 19.6 Å². The second kappa shape index (κ2) is 8.10. The maximum absolute atomic E-state index is 12.1. The number of nitrogens with zero attached hydrogens (tertiary/aromatic N) is 1. The van der Waals surface area contributed by atoms with Gasteiger partial charge in [-0.1, -0.05) is 18.9 Å². The predicted molar refractivity (Wildman–Crippen MR) is 84.6 cm³/mol. The molecule has 7 heteroatoms. The number of hydrogen-bond donors (Lipinski definition) is 2. The van der Waals surface area contributed by atoms with Crippen LogP contribution >= 0.6 is 0 Å². The van der Waals surface area contributed by atoms with E-state index >= 15 is 0 Å². The van der Waals surface area contributed by atoms with Crippen molar-refractivity contribution in [2.45, 2.75) is 44.2 Å². The van der Waals surface area contributed by atoms with Gasteiger partial charge in [0.2, 0.25) is 5.91 Å². The van der Waals surface area contributed by atoms with Gasteiger partial charge < -0.3 is 10.1 Å². The van der Waals surface area contributed by atoms with Crippen LogP contribution < -0.4 is 10.6 Å². The highest BCUT2D eigenvalue weighted by Gasteiger charge is 2.46. The van der Waals surface area contributed by atoms with Gasteiger partial charge in [-0.05, 0) is 25.2 Å². The van der Waals surface area contributed by atoms with Crippen molar-refractivity contribution in [1.82, 2.24) is 15.5 Å². The minimum atomic E-state index is -0.552. The number of esters is 1. The van der Waals surface area contributed by atoms with Gasteiger partial charge in [-0.2, -0.15) is 0 Å². The third-order valence-electron chi connectivity index (χ3n) is 4.68. The number of nitrogens with one attached hydrogen (secondary N) is 2. The Balaban J connectivity index is 1.98. The average Bonchev–Trinajstić information content (AvgIpc) is 2.90. The molecule has 1 saturated heterocycles. The van der Waals surface area contributed by atoms with Crippen molar-refractivity contribution >= 4 is 17.9 Å². The van der Waals surface area contributed by atoms with Gasteiger partial charge in [-0.15, -0.1) is 6.58 Å². The first-order valence-electron chi connectivity index (χ1n) is 8.09. The molecule has 1 saturated carbocycles. The van der Waals surface area contributed by atoms with Gasteiger partial charge in [0.05, 0.1) is 13.7 Å². The van der Waals surface area contributed by atoms with Crippen molar-refractivity contribution in [2.75, 3.05) is 20.2 Å². The fourth-order valence-corrected chi connectivity index (χ4v) is 3.69. The number of carbonyl (C=O) groups is 3. The molecule has 0 aromatic rings. The zero-order valence-corrected chi connectivity index (χ0v) is 13.5. The minimum Gasteiger partial charge on any atom is -0.468 e. The van der Waals surface area contributed by atoms with Crippen LogP contribution in [0.3, 0.4) is 0 Å². The molecule has 2 fully saturated rings. The highest BCUT2D eigenvalue weighted by molar-refractivity contribution is 5.95. The van der Waals surface area contributed by atoms with Crippen LogP contribution in [-0.4, -0.2) is 55.1 Å². The number of carbonyl (C=O) groups excluding carboxylic acids is 3. The summed E-state index contributed by atoms with van der Waals surface area (Å²) in [4.78, 5) is 37.6. The van der Waals surface area contributed by atoms with Gasteiger partial charge in [-0.3, -0.25) is 19.8 Å². The van der Waals surface area contributed by atoms with Crippen molar-refractivity contribution in [3.05, 3.63) is 12.7 Å². The maximum Gasteiger partial charge on any atom is 0.323 e. The molecule has 3 amide bonds. The lowest BCUT2D eigenvalue weighted by molar-refractivity contribution is -0.146. The number of urea groups is 1. The molecule has 1 heterocycles. The lowest BCUT2D eigenvalue weighted by Gasteiger charge is -2.32. The Kier molecular flexibility index (Phi) is 6.15. The fourth-order valence-electron chi connectivity index (χ4n) is 3.69. The first kappa shape index (κ1) is 17.5. The topological polar surface area (TPSA) is 87.7 Å². The van der Waals surface area contributed by atoms with E-state index in [4.69, 9.17) is 4.74 Å². The smallest absolute Gasteiger partial charge is 0.323 e. The molecule has 0 unspecified atom stereocenters. The van der Waals surface area contributed by atoms with Gasteiger partial charge in [0.15, 0.2) is 0 Å². The second-order valence-corrected chi connectivity index (χ2v) is 6.11. The summed E-state index contributed by atoms with van der Waals surface area (Å²) in [5, 5.41) is 4.77. The Bertz CT molecular complexity index is 480. The molecule has 2 rings (SSSR count). The summed E-state index contributed by atoms with van der Waals surface area (Å²) >= 11 is 0. The van der Waals surface area contributed by atoms with E-state index in [0.717, 1.165) is 25.7 Å². The van der Waals surface area contributed by atoms with E-state index in [1.54, 1.807) is 0 Å². The molecule has 2 N–H and O–H groups in total. The lowest BCUT2D eigenvalue weighted by atomic mass is 9.85. The number of methoxy groups -OCH3 is 1. The molecule has 23 heavy (non-hydrogen) atoms. The van der Waals surface area contributed by atoms with E-state index in [1.807, 2.05) is 4.90 Å². The quantitative estimate of drug-likeness (QED) is 0.577. The first-order chi connectivity index (χ1) is 11.1. The number of ether oxygens (including phenoxy) is 1. The lowest BCUT2D eigenvalue weighted by Crippen LogP contribution is -2.50. The van der Waals surface area contributed by atoms with E-state index in [0.29, 0.717) is 5.92 Å². The minimum absolute atomic E-state index is 0.0302. The molecule has 0 aromatic carbocycles. The summed E-state index contributed by atoms with van der Waals surface area (Å²) in [7, 11) is 1.37. The van der Waals surface area contributed by atoms with Crippen LogP contribution in [0.5, 0.6) is 0 Å². The fraction of sp³-hybridized carbons (Fsp3) is 0.688. The number of imide groups is 1. The zero-order valence-electron chi connectivity index (χ0n) is 13.5. The molecular weight excluding hydrogens is 298 g/mol. The number of hydrogen-bond acceptors (Lipinski definition) is 5. The third-order valence-corrected chi connectivity index (χ3v) is 4.68. The summed E-state index contributed by atoms with van der Waals surface area (Å²) in [6.45, 7) is 3.81. The average molecular weight is 323 g/mol. The third kappa shape index (κ3) is 4.31. The molecule has 1 aliphatic carbocycles. The zero-order chi connectivity index (χ0) is 16.8. The molecular formula is C16H25N3O4. The van der Waals surface area contributed by atoms with Crippen molar-refractivity contribution in [3.63, 3.8) is 0 Å². The molecule has 2 aliphatic rings. The normalized spacial score (nSPS) is 26.9. The van der Waals surface area contributed by atoms with Gasteiger partial charge in [0, 0.05) is 12.6 Å². The van der Waals surface area contributed by atoms with Gasteiger partial charge in [0.25, 0.3) is 0 Å². The molecule has 0 bridgehead atoms. The van der Waals surface area contributed by atoms with Crippen LogP contribution in [0.2, 0.25) is 0 Å². The van der Waals surface area contributed by atoms with Crippen molar-refractivity contribution in [3.8, 4) is 0 Å². The summed E-state index contributed by atoms with van der Waals surface area (Å²) in [5.41, 5.74) is 0. The standard InChI is InChI=1S/C16H25N3O4/c1-3-8-17-16(22)18-14(20)10-19-12-7-5-4-6-11(12)9-13(19)15(21)23-2/h3,11-13H,1,4-10H2,2H3,(H2,17,18,20,22)/t11-,12-,13-/m0/s1. The number of rotatable bonds is 5. The predicted octanol–water partition coefficient (Wildman–Crippen LogP) is 0.804. The molecule has 128 valence electrons. The summed E-state index contributed by atoms with van der Waals surface area (Å²) < 4.78 is 4.88. The van der Waals surface area contributed by atoms with Gasteiger partial charge in [0.1, 0.15) is 6.04 Å². The molecule has 7 nitrogen and oxygen atoms in total. The van der Waals surface area contributed by atoms with Crippen molar-refractivity contribution in [2.24, 2.45) is 5.92 Å². The summed E-state index contributed by atoms with van der Waals surface area (Å²) in [6, 6.07) is -0.728. The van der Waals surface area contributed by atoms with Crippen LogP contribution in [0.4, 0.5) is 4.79 Å². The van der Waals surface area contributed by atoms with E-state index in [2.05, 4.69) is 17.2 Å². The number of amides is 3. The second-order valence-electron chi connectivity index (χ2n) is 6.11. The Labute approximate surface area is 136 Å². The van der Waals surface area contributed by atoms with Crippen LogP contribution in [-0.2, 0) is 14.3 Å².